The third-order valence-electron chi connectivity index (χ3n) is 4.10. The predicted molar refractivity (Wildman–Crippen MR) is 79.9 cm³/mol. The van der Waals surface area contributed by atoms with Gasteiger partial charge in [0.15, 0.2) is 0 Å². The van der Waals surface area contributed by atoms with Gasteiger partial charge in [-0.1, -0.05) is 24.3 Å². The Labute approximate surface area is 125 Å². The molecule has 0 spiro atoms. The first-order valence-corrected chi connectivity index (χ1v) is 7.26. The second-order valence-corrected chi connectivity index (χ2v) is 5.57. The van der Waals surface area contributed by atoms with Gasteiger partial charge in [-0.2, -0.15) is 0 Å². The van der Waals surface area contributed by atoms with Crippen molar-refractivity contribution in [2.24, 2.45) is 0 Å². The SMILES string of the molecule is CC(C(=O)N(C)CCC(=O)O)N1CCc2ccccc2C1. The van der Waals surface area contributed by atoms with Gasteiger partial charge >= 0.3 is 5.97 Å². The maximum Gasteiger partial charge on any atom is 0.305 e. The van der Waals surface area contributed by atoms with Gasteiger partial charge in [-0.25, -0.2) is 0 Å². The van der Waals surface area contributed by atoms with Crippen LogP contribution in [-0.4, -0.2) is 53.0 Å². The van der Waals surface area contributed by atoms with Gasteiger partial charge in [-0.3, -0.25) is 14.5 Å². The van der Waals surface area contributed by atoms with Gasteiger partial charge in [0.1, 0.15) is 0 Å². The maximum absolute atomic E-state index is 12.4. The van der Waals surface area contributed by atoms with Crippen LogP contribution < -0.4 is 0 Å². The highest BCUT2D eigenvalue weighted by Gasteiger charge is 2.27. The monoisotopic (exact) mass is 290 g/mol. The molecule has 21 heavy (non-hydrogen) atoms. The predicted octanol–water partition coefficient (Wildman–Crippen LogP) is 1.37. The van der Waals surface area contributed by atoms with Crippen LogP contribution in [0.5, 0.6) is 0 Å². The zero-order valence-electron chi connectivity index (χ0n) is 12.6. The van der Waals surface area contributed by atoms with Crippen molar-refractivity contribution in [1.29, 1.82) is 0 Å². The second-order valence-electron chi connectivity index (χ2n) is 5.57. The Kier molecular flexibility index (Phi) is 4.96. The van der Waals surface area contributed by atoms with Crippen LogP contribution in [-0.2, 0) is 22.6 Å². The Balaban J connectivity index is 1.96. The summed E-state index contributed by atoms with van der Waals surface area (Å²) in [5.74, 6) is -0.898. The van der Waals surface area contributed by atoms with E-state index in [1.54, 1.807) is 7.05 Å². The topological polar surface area (TPSA) is 60.9 Å². The summed E-state index contributed by atoms with van der Waals surface area (Å²) in [6, 6.07) is 8.08. The molecule has 1 aromatic carbocycles. The second kappa shape index (κ2) is 6.72. The lowest BCUT2D eigenvalue weighted by molar-refractivity contribution is -0.139. The Morgan fingerprint density at radius 3 is 2.67 bits per heavy atom. The molecule has 1 amide bonds. The average molecular weight is 290 g/mol. The molecule has 1 N–H and O–H groups in total. The molecule has 0 aliphatic carbocycles. The molecular weight excluding hydrogens is 268 g/mol. The van der Waals surface area contributed by atoms with Crippen LogP contribution in [0.1, 0.15) is 24.5 Å². The molecule has 1 heterocycles. The molecule has 2 rings (SSSR count). The molecule has 0 saturated heterocycles. The minimum absolute atomic E-state index is 0.0161. The summed E-state index contributed by atoms with van der Waals surface area (Å²) in [6.07, 6.45) is 0.935. The third kappa shape index (κ3) is 3.82. The highest BCUT2D eigenvalue weighted by Crippen LogP contribution is 2.20. The number of benzene rings is 1. The summed E-state index contributed by atoms with van der Waals surface area (Å²) in [4.78, 5) is 26.6. The van der Waals surface area contributed by atoms with E-state index in [9.17, 15) is 9.59 Å². The normalized spacial score (nSPS) is 16.1. The first kappa shape index (κ1) is 15.5. The third-order valence-corrected chi connectivity index (χ3v) is 4.10. The molecule has 1 aliphatic heterocycles. The van der Waals surface area contributed by atoms with Crippen LogP contribution in [0, 0.1) is 0 Å². The first-order chi connectivity index (χ1) is 9.99. The van der Waals surface area contributed by atoms with Crippen LogP contribution >= 0.6 is 0 Å². The van der Waals surface area contributed by atoms with E-state index in [2.05, 4.69) is 17.0 Å². The molecule has 0 bridgehead atoms. The molecular formula is C16H22N2O3. The summed E-state index contributed by atoms with van der Waals surface area (Å²) >= 11 is 0. The van der Waals surface area contributed by atoms with E-state index in [0.29, 0.717) is 0 Å². The highest BCUT2D eigenvalue weighted by molar-refractivity contribution is 5.81. The molecule has 0 fully saturated rings. The summed E-state index contributed by atoms with van der Waals surface area (Å²) in [5, 5.41) is 8.69. The Morgan fingerprint density at radius 2 is 2.00 bits per heavy atom. The lowest BCUT2D eigenvalue weighted by Gasteiger charge is -2.34. The van der Waals surface area contributed by atoms with Crippen molar-refractivity contribution < 1.29 is 14.7 Å². The van der Waals surface area contributed by atoms with Crippen molar-refractivity contribution in [3.8, 4) is 0 Å². The number of aliphatic carboxylic acids is 1. The van der Waals surface area contributed by atoms with E-state index < -0.39 is 5.97 Å². The lowest BCUT2D eigenvalue weighted by Crippen LogP contribution is -2.47. The average Bonchev–Trinajstić information content (AvgIpc) is 2.50. The van der Waals surface area contributed by atoms with Gasteiger partial charge in [0.2, 0.25) is 5.91 Å². The molecule has 1 unspecified atom stereocenters. The summed E-state index contributed by atoms with van der Waals surface area (Å²) in [6.45, 7) is 3.78. The van der Waals surface area contributed by atoms with Gasteiger partial charge in [0, 0.05) is 26.7 Å². The van der Waals surface area contributed by atoms with Gasteiger partial charge in [-0.05, 0) is 24.5 Å². The number of hydrogen-bond donors (Lipinski definition) is 1. The zero-order chi connectivity index (χ0) is 15.4. The number of likely N-dealkylation sites (N-methyl/N-ethyl adjacent to an activating group) is 1. The largest absolute Gasteiger partial charge is 0.481 e. The van der Waals surface area contributed by atoms with Gasteiger partial charge < -0.3 is 10.0 Å². The van der Waals surface area contributed by atoms with Crippen molar-refractivity contribution >= 4 is 11.9 Å². The Bertz CT molecular complexity index is 530. The zero-order valence-corrected chi connectivity index (χ0v) is 12.6. The Morgan fingerprint density at radius 1 is 1.33 bits per heavy atom. The van der Waals surface area contributed by atoms with Crippen LogP contribution in [0.15, 0.2) is 24.3 Å². The molecule has 1 aromatic rings. The number of nitrogens with zero attached hydrogens (tertiary/aromatic N) is 2. The number of carbonyl (C=O) groups excluding carboxylic acids is 1. The first-order valence-electron chi connectivity index (χ1n) is 7.26. The summed E-state index contributed by atoms with van der Waals surface area (Å²) in [5.41, 5.74) is 2.63. The van der Waals surface area contributed by atoms with Crippen molar-refractivity contribution in [1.82, 2.24) is 9.80 Å². The molecule has 0 radical (unpaired) electrons. The van der Waals surface area contributed by atoms with Crippen LogP contribution in [0.3, 0.4) is 0 Å². The van der Waals surface area contributed by atoms with E-state index in [0.717, 1.165) is 19.5 Å². The number of amides is 1. The van der Waals surface area contributed by atoms with Crippen LogP contribution in [0.25, 0.3) is 0 Å². The summed E-state index contributed by atoms with van der Waals surface area (Å²) < 4.78 is 0. The highest BCUT2D eigenvalue weighted by atomic mass is 16.4. The summed E-state index contributed by atoms with van der Waals surface area (Å²) in [7, 11) is 1.67. The van der Waals surface area contributed by atoms with E-state index in [1.165, 1.54) is 16.0 Å². The van der Waals surface area contributed by atoms with Crippen LogP contribution in [0.4, 0.5) is 0 Å². The molecule has 1 atom stereocenters. The van der Waals surface area contributed by atoms with Crippen molar-refractivity contribution in [2.75, 3.05) is 20.1 Å². The fraction of sp³-hybridized carbons (Fsp3) is 0.500. The standard InChI is InChI=1S/C16H22N2O3/c1-12(16(21)17(2)9-8-15(19)20)18-10-7-13-5-3-4-6-14(13)11-18/h3-6,12H,7-11H2,1-2H3,(H,19,20). The van der Waals surface area contributed by atoms with Gasteiger partial charge in [0.25, 0.3) is 0 Å². The van der Waals surface area contributed by atoms with Gasteiger partial charge in [0.05, 0.1) is 12.5 Å². The van der Waals surface area contributed by atoms with E-state index >= 15 is 0 Å². The van der Waals surface area contributed by atoms with Crippen molar-refractivity contribution in [2.45, 2.75) is 32.4 Å². The van der Waals surface area contributed by atoms with Crippen molar-refractivity contribution in [3.05, 3.63) is 35.4 Å². The molecule has 0 saturated carbocycles. The number of carbonyl (C=O) groups is 2. The van der Waals surface area contributed by atoms with E-state index in [4.69, 9.17) is 5.11 Å². The number of carboxylic acids is 1. The molecule has 114 valence electrons. The minimum atomic E-state index is -0.880. The molecule has 5 nitrogen and oxygen atoms in total. The maximum atomic E-state index is 12.4. The number of fused-ring (bicyclic) bond motifs is 1. The van der Waals surface area contributed by atoms with Crippen LogP contribution in [0.2, 0.25) is 0 Å². The Hall–Kier alpha value is -1.88. The van der Waals surface area contributed by atoms with Gasteiger partial charge in [-0.15, -0.1) is 0 Å². The molecule has 1 aliphatic rings. The van der Waals surface area contributed by atoms with E-state index in [1.807, 2.05) is 19.1 Å². The smallest absolute Gasteiger partial charge is 0.305 e. The number of hydrogen-bond acceptors (Lipinski definition) is 3. The molecule has 0 aromatic heterocycles. The fourth-order valence-corrected chi connectivity index (χ4v) is 2.70. The van der Waals surface area contributed by atoms with E-state index in [-0.39, 0.29) is 24.9 Å². The molecule has 5 heteroatoms. The quantitative estimate of drug-likeness (QED) is 0.889. The number of carboxylic acid groups (broad SMARTS) is 1. The van der Waals surface area contributed by atoms with Crippen molar-refractivity contribution in [3.63, 3.8) is 0 Å². The lowest BCUT2D eigenvalue weighted by atomic mass is 9.98. The minimum Gasteiger partial charge on any atom is -0.481 e. The fourth-order valence-electron chi connectivity index (χ4n) is 2.70. The number of rotatable bonds is 5.